The van der Waals surface area contributed by atoms with Gasteiger partial charge in [-0.2, -0.15) is 11.8 Å². The van der Waals surface area contributed by atoms with Crippen molar-refractivity contribution >= 4 is 17.8 Å². The molecule has 0 radical (unpaired) electrons. The molecule has 0 aromatic heterocycles. The number of rotatable bonds is 9. The highest BCUT2D eigenvalue weighted by molar-refractivity contribution is 7.98. The van der Waals surface area contributed by atoms with Gasteiger partial charge in [0.25, 0.3) is 0 Å². The highest BCUT2D eigenvalue weighted by Crippen LogP contribution is 2.01. The van der Waals surface area contributed by atoms with Crippen LogP contribution in [0.5, 0.6) is 0 Å². The molecular formula is C15H23NS. The van der Waals surface area contributed by atoms with E-state index in [0.717, 1.165) is 13.1 Å². The molecule has 0 heterocycles. The maximum Gasteiger partial charge on any atom is 0.0138 e. The first-order valence-electron chi connectivity index (χ1n) is 6.34. The number of unbranched alkanes of at least 4 members (excludes halogenated alkanes) is 2. The van der Waals surface area contributed by atoms with Crippen LogP contribution in [0.25, 0.3) is 6.08 Å². The van der Waals surface area contributed by atoms with Gasteiger partial charge in [-0.05, 0) is 37.0 Å². The van der Waals surface area contributed by atoms with Gasteiger partial charge in [0.15, 0.2) is 0 Å². The second-order valence-corrected chi connectivity index (χ2v) is 5.06. The van der Waals surface area contributed by atoms with Crippen LogP contribution in [0.4, 0.5) is 0 Å². The molecule has 94 valence electrons. The maximum absolute atomic E-state index is 3.44. The van der Waals surface area contributed by atoms with Crippen LogP contribution in [0, 0.1) is 0 Å². The molecule has 0 aliphatic heterocycles. The number of hydrogen-bond acceptors (Lipinski definition) is 2. The molecule has 0 bridgehead atoms. The molecule has 1 rings (SSSR count). The Morgan fingerprint density at radius 2 is 1.94 bits per heavy atom. The van der Waals surface area contributed by atoms with Crippen LogP contribution in [0.1, 0.15) is 24.8 Å². The largest absolute Gasteiger partial charge is 0.313 e. The first kappa shape index (κ1) is 14.3. The van der Waals surface area contributed by atoms with E-state index >= 15 is 0 Å². The fraction of sp³-hybridized carbons (Fsp3) is 0.467. The molecule has 1 N–H and O–H groups in total. The Morgan fingerprint density at radius 1 is 1.12 bits per heavy atom. The quantitative estimate of drug-likeness (QED) is 0.668. The van der Waals surface area contributed by atoms with Gasteiger partial charge in [-0.1, -0.05) is 48.9 Å². The summed E-state index contributed by atoms with van der Waals surface area (Å²) in [7, 11) is 0. The molecule has 17 heavy (non-hydrogen) atoms. The van der Waals surface area contributed by atoms with Crippen molar-refractivity contribution in [3.05, 3.63) is 42.0 Å². The van der Waals surface area contributed by atoms with E-state index in [4.69, 9.17) is 0 Å². The smallest absolute Gasteiger partial charge is 0.0138 e. The van der Waals surface area contributed by atoms with E-state index in [0.29, 0.717) is 0 Å². The molecule has 2 heteroatoms. The first-order chi connectivity index (χ1) is 8.43. The number of benzene rings is 1. The zero-order valence-corrected chi connectivity index (χ0v) is 11.5. The third-order valence-corrected chi connectivity index (χ3v) is 3.27. The van der Waals surface area contributed by atoms with Gasteiger partial charge < -0.3 is 5.32 Å². The summed E-state index contributed by atoms with van der Waals surface area (Å²) in [5.74, 6) is 1.30. The Bertz CT molecular complexity index is 295. The molecule has 1 aromatic carbocycles. The van der Waals surface area contributed by atoms with Crippen LogP contribution in [-0.4, -0.2) is 25.1 Å². The summed E-state index contributed by atoms with van der Waals surface area (Å²) >= 11 is 1.94. The molecule has 0 saturated heterocycles. The summed E-state index contributed by atoms with van der Waals surface area (Å²) in [6, 6.07) is 10.4. The Morgan fingerprint density at radius 3 is 2.71 bits per heavy atom. The lowest BCUT2D eigenvalue weighted by atomic mass is 10.2. The molecule has 0 unspecified atom stereocenters. The fourth-order valence-corrected chi connectivity index (χ4v) is 2.11. The summed E-state index contributed by atoms with van der Waals surface area (Å²) in [5.41, 5.74) is 1.27. The van der Waals surface area contributed by atoms with Crippen LogP contribution in [0.2, 0.25) is 0 Å². The number of thioether (sulfide) groups is 1. The maximum atomic E-state index is 3.44. The van der Waals surface area contributed by atoms with E-state index in [1.165, 1.54) is 30.6 Å². The third-order valence-electron chi connectivity index (χ3n) is 2.57. The van der Waals surface area contributed by atoms with E-state index in [1.54, 1.807) is 0 Å². The topological polar surface area (TPSA) is 12.0 Å². The minimum absolute atomic E-state index is 0.970. The lowest BCUT2D eigenvalue weighted by Gasteiger charge is -2.01. The summed E-state index contributed by atoms with van der Waals surface area (Å²) in [6.07, 6.45) is 10.5. The minimum Gasteiger partial charge on any atom is -0.313 e. The molecule has 0 aliphatic carbocycles. The third kappa shape index (κ3) is 8.06. The number of hydrogen-bond donors (Lipinski definition) is 1. The standard InChI is InChI=1S/C15H23NS/c1-17-14-7-3-6-12-16-13-8-11-15-9-4-2-5-10-15/h2,4-5,8-11,16H,3,6-7,12-14H2,1H3/b11-8+. The van der Waals surface area contributed by atoms with Crippen molar-refractivity contribution in [1.29, 1.82) is 0 Å². The van der Waals surface area contributed by atoms with Gasteiger partial charge in [-0.3, -0.25) is 0 Å². The summed E-state index contributed by atoms with van der Waals surface area (Å²) in [4.78, 5) is 0. The zero-order chi connectivity index (χ0) is 12.2. The lowest BCUT2D eigenvalue weighted by Crippen LogP contribution is -2.14. The van der Waals surface area contributed by atoms with Crippen LogP contribution >= 0.6 is 11.8 Å². The van der Waals surface area contributed by atoms with E-state index < -0.39 is 0 Å². The van der Waals surface area contributed by atoms with Crippen molar-refractivity contribution in [1.82, 2.24) is 5.32 Å². The van der Waals surface area contributed by atoms with Gasteiger partial charge in [0.1, 0.15) is 0 Å². The zero-order valence-electron chi connectivity index (χ0n) is 10.7. The van der Waals surface area contributed by atoms with Gasteiger partial charge in [-0.15, -0.1) is 0 Å². The van der Waals surface area contributed by atoms with Gasteiger partial charge >= 0.3 is 0 Å². The van der Waals surface area contributed by atoms with Gasteiger partial charge in [0.2, 0.25) is 0 Å². The minimum atomic E-state index is 0.970. The summed E-state index contributed by atoms with van der Waals surface area (Å²) < 4.78 is 0. The molecule has 1 nitrogen and oxygen atoms in total. The Hall–Kier alpha value is -0.730. The van der Waals surface area contributed by atoms with Crippen molar-refractivity contribution in [2.75, 3.05) is 25.1 Å². The number of nitrogens with one attached hydrogen (secondary N) is 1. The Balaban J connectivity index is 1.95. The second-order valence-electron chi connectivity index (χ2n) is 4.07. The lowest BCUT2D eigenvalue weighted by molar-refractivity contribution is 0.649. The van der Waals surface area contributed by atoms with Crippen LogP contribution in [-0.2, 0) is 0 Å². The predicted molar refractivity (Wildman–Crippen MR) is 80.6 cm³/mol. The van der Waals surface area contributed by atoms with Crippen molar-refractivity contribution in [2.45, 2.75) is 19.3 Å². The van der Waals surface area contributed by atoms with Gasteiger partial charge in [-0.25, -0.2) is 0 Å². The van der Waals surface area contributed by atoms with E-state index in [1.807, 2.05) is 17.8 Å². The Labute approximate surface area is 110 Å². The average Bonchev–Trinajstić information content (AvgIpc) is 2.38. The average molecular weight is 249 g/mol. The molecule has 1 aromatic rings. The molecule has 0 spiro atoms. The fourth-order valence-electron chi connectivity index (χ4n) is 1.62. The van der Waals surface area contributed by atoms with Crippen LogP contribution < -0.4 is 5.32 Å². The van der Waals surface area contributed by atoms with Crippen molar-refractivity contribution in [3.63, 3.8) is 0 Å². The summed E-state index contributed by atoms with van der Waals surface area (Å²) in [5, 5.41) is 3.44. The predicted octanol–water partition coefficient (Wildman–Crippen LogP) is 3.82. The van der Waals surface area contributed by atoms with E-state index in [2.05, 4.69) is 48.0 Å². The highest BCUT2D eigenvalue weighted by atomic mass is 32.2. The molecule has 0 atom stereocenters. The summed E-state index contributed by atoms with van der Waals surface area (Å²) in [6.45, 7) is 2.10. The molecular weight excluding hydrogens is 226 g/mol. The van der Waals surface area contributed by atoms with Crippen molar-refractivity contribution in [3.8, 4) is 0 Å². The molecule has 0 saturated carbocycles. The second kappa shape index (κ2) is 10.4. The van der Waals surface area contributed by atoms with E-state index in [9.17, 15) is 0 Å². The monoisotopic (exact) mass is 249 g/mol. The van der Waals surface area contributed by atoms with Gasteiger partial charge in [0.05, 0.1) is 0 Å². The van der Waals surface area contributed by atoms with Crippen LogP contribution in [0.3, 0.4) is 0 Å². The normalized spacial score (nSPS) is 11.1. The van der Waals surface area contributed by atoms with Crippen LogP contribution in [0.15, 0.2) is 36.4 Å². The highest BCUT2D eigenvalue weighted by Gasteiger charge is 1.88. The first-order valence-corrected chi connectivity index (χ1v) is 7.74. The van der Waals surface area contributed by atoms with E-state index in [-0.39, 0.29) is 0 Å². The van der Waals surface area contributed by atoms with Gasteiger partial charge in [0, 0.05) is 6.54 Å². The van der Waals surface area contributed by atoms with Crippen molar-refractivity contribution in [2.24, 2.45) is 0 Å². The molecule has 0 amide bonds. The van der Waals surface area contributed by atoms with Crippen molar-refractivity contribution < 1.29 is 0 Å². The SMILES string of the molecule is CSCCCCCNC/C=C/c1ccccc1. The molecule has 0 fully saturated rings. The molecule has 0 aliphatic rings. The Kier molecular flexibility index (Phi) is 8.79.